The van der Waals surface area contributed by atoms with Crippen LogP contribution in [0.25, 0.3) is 0 Å². The summed E-state index contributed by atoms with van der Waals surface area (Å²) in [4.78, 5) is 11.2. The number of unbranched alkanes of at least 4 members (excludes halogenated alkanes) is 3. The summed E-state index contributed by atoms with van der Waals surface area (Å²) in [7, 11) is 3.22. The molecule has 0 aliphatic carbocycles. The van der Waals surface area contributed by atoms with E-state index >= 15 is 0 Å². The van der Waals surface area contributed by atoms with E-state index in [4.69, 9.17) is 4.74 Å². The molecule has 0 fully saturated rings. The molecule has 0 saturated heterocycles. The Morgan fingerprint density at radius 3 is 2.54 bits per heavy atom. The number of carbonyl (C=O) groups is 1. The lowest BCUT2D eigenvalue weighted by atomic mass is 10.1. The standard InChI is InChI=1S/C10H21NO2/c1-4-5-6-7-8-9(13-3)10(12)11-2/h9H,4-8H2,1-3H3,(H,11,12). The van der Waals surface area contributed by atoms with Gasteiger partial charge in [-0.25, -0.2) is 0 Å². The lowest BCUT2D eigenvalue weighted by molar-refractivity contribution is -0.130. The molecule has 1 atom stereocenters. The van der Waals surface area contributed by atoms with Crippen molar-refractivity contribution < 1.29 is 9.53 Å². The van der Waals surface area contributed by atoms with Crippen LogP contribution in [0.1, 0.15) is 39.0 Å². The van der Waals surface area contributed by atoms with Crippen LogP contribution in [-0.4, -0.2) is 26.2 Å². The molecule has 78 valence electrons. The van der Waals surface area contributed by atoms with Crippen molar-refractivity contribution in [1.82, 2.24) is 5.32 Å². The van der Waals surface area contributed by atoms with Crippen LogP contribution in [-0.2, 0) is 9.53 Å². The number of nitrogens with one attached hydrogen (secondary N) is 1. The van der Waals surface area contributed by atoms with Gasteiger partial charge in [0.2, 0.25) is 5.91 Å². The Bertz CT molecular complexity index is 137. The van der Waals surface area contributed by atoms with Crippen LogP contribution in [0.3, 0.4) is 0 Å². The van der Waals surface area contributed by atoms with E-state index in [-0.39, 0.29) is 12.0 Å². The highest BCUT2D eigenvalue weighted by atomic mass is 16.5. The van der Waals surface area contributed by atoms with Gasteiger partial charge in [-0.2, -0.15) is 0 Å². The lowest BCUT2D eigenvalue weighted by Crippen LogP contribution is -2.33. The zero-order chi connectivity index (χ0) is 10.1. The molecule has 1 N–H and O–H groups in total. The third kappa shape index (κ3) is 5.64. The van der Waals surface area contributed by atoms with Crippen molar-refractivity contribution in [2.75, 3.05) is 14.2 Å². The maximum atomic E-state index is 11.2. The maximum absolute atomic E-state index is 11.2. The minimum Gasteiger partial charge on any atom is -0.372 e. The normalized spacial score (nSPS) is 12.5. The van der Waals surface area contributed by atoms with Crippen molar-refractivity contribution in [3.05, 3.63) is 0 Å². The summed E-state index contributed by atoms with van der Waals surface area (Å²) in [6, 6.07) is 0. The van der Waals surface area contributed by atoms with Crippen molar-refractivity contribution in [2.45, 2.75) is 45.1 Å². The van der Waals surface area contributed by atoms with Crippen molar-refractivity contribution in [1.29, 1.82) is 0 Å². The zero-order valence-corrected chi connectivity index (χ0v) is 8.93. The number of hydrogen-bond acceptors (Lipinski definition) is 2. The van der Waals surface area contributed by atoms with Gasteiger partial charge in [0, 0.05) is 14.2 Å². The van der Waals surface area contributed by atoms with Gasteiger partial charge in [0.1, 0.15) is 6.10 Å². The molecule has 0 heterocycles. The molecule has 0 bridgehead atoms. The van der Waals surface area contributed by atoms with Crippen molar-refractivity contribution >= 4 is 5.91 Å². The molecule has 0 spiro atoms. The molecular weight excluding hydrogens is 166 g/mol. The SMILES string of the molecule is CCCCCCC(OC)C(=O)NC. The molecule has 1 amide bonds. The summed E-state index contributed by atoms with van der Waals surface area (Å²) in [6.45, 7) is 2.17. The molecule has 0 aromatic heterocycles. The van der Waals surface area contributed by atoms with E-state index < -0.39 is 0 Å². The maximum Gasteiger partial charge on any atom is 0.248 e. The van der Waals surface area contributed by atoms with Gasteiger partial charge in [0.15, 0.2) is 0 Å². The smallest absolute Gasteiger partial charge is 0.248 e. The van der Waals surface area contributed by atoms with Gasteiger partial charge in [-0.1, -0.05) is 32.6 Å². The van der Waals surface area contributed by atoms with Crippen molar-refractivity contribution in [3.8, 4) is 0 Å². The van der Waals surface area contributed by atoms with E-state index in [0.717, 1.165) is 12.8 Å². The van der Waals surface area contributed by atoms with E-state index in [1.807, 2.05) is 0 Å². The summed E-state index contributed by atoms with van der Waals surface area (Å²) in [5.41, 5.74) is 0. The summed E-state index contributed by atoms with van der Waals surface area (Å²) in [5.74, 6) is -0.0148. The summed E-state index contributed by atoms with van der Waals surface area (Å²) in [5, 5.41) is 2.59. The molecule has 13 heavy (non-hydrogen) atoms. The Balaban J connectivity index is 3.53. The molecular formula is C10H21NO2. The number of carbonyl (C=O) groups excluding carboxylic acids is 1. The molecule has 3 nitrogen and oxygen atoms in total. The van der Waals surface area contributed by atoms with E-state index in [9.17, 15) is 4.79 Å². The quantitative estimate of drug-likeness (QED) is 0.616. The molecule has 0 aromatic carbocycles. The Labute approximate surface area is 80.8 Å². The van der Waals surface area contributed by atoms with Crippen LogP contribution >= 0.6 is 0 Å². The van der Waals surface area contributed by atoms with Gasteiger partial charge in [0.25, 0.3) is 0 Å². The summed E-state index contributed by atoms with van der Waals surface area (Å²) < 4.78 is 5.07. The van der Waals surface area contributed by atoms with Gasteiger partial charge in [-0.3, -0.25) is 4.79 Å². The molecule has 1 unspecified atom stereocenters. The topological polar surface area (TPSA) is 38.3 Å². The molecule has 0 saturated carbocycles. The minimum atomic E-state index is -0.262. The van der Waals surface area contributed by atoms with Crippen molar-refractivity contribution in [2.24, 2.45) is 0 Å². The highest BCUT2D eigenvalue weighted by Crippen LogP contribution is 2.07. The summed E-state index contributed by atoms with van der Waals surface area (Å²) in [6.07, 6.45) is 5.28. The highest BCUT2D eigenvalue weighted by Gasteiger charge is 2.14. The van der Waals surface area contributed by atoms with Gasteiger partial charge in [-0.05, 0) is 6.42 Å². The van der Waals surface area contributed by atoms with Crippen LogP contribution in [0.4, 0.5) is 0 Å². The van der Waals surface area contributed by atoms with Crippen LogP contribution in [0, 0.1) is 0 Å². The second-order valence-corrected chi connectivity index (χ2v) is 3.19. The Morgan fingerprint density at radius 2 is 2.08 bits per heavy atom. The predicted molar refractivity (Wildman–Crippen MR) is 53.6 cm³/mol. The van der Waals surface area contributed by atoms with E-state index in [1.165, 1.54) is 19.3 Å². The number of ether oxygens (including phenoxy) is 1. The second-order valence-electron chi connectivity index (χ2n) is 3.19. The number of hydrogen-bond donors (Lipinski definition) is 1. The average Bonchev–Trinajstić information content (AvgIpc) is 2.17. The van der Waals surface area contributed by atoms with Crippen LogP contribution in [0.15, 0.2) is 0 Å². The monoisotopic (exact) mass is 187 g/mol. The summed E-state index contributed by atoms with van der Waals surface area (Å²) >= 11 is 0. The fourth-order valence-corrected chi connectivity index (χ4v) is 1.27. The van der Waals surface area contributed by atoms with E-state index in [1.54, 1.807) is 14.2 Å². The minimum absolute atomic E-state index is 0.0148. The largest absolute Gasteiger partial charge is 0.372 e. The number of amides is 1. The fourth-order valence-electron chi connectivity index (χ4n) is 1.27. The molecule has 0 radical (unpaired) electrons. The molecule has 3 heteroatoms. The van der Waals surface area contributed by atoms with E-state index in [0.29, 0.717) is 0 Å². The average molecular weight is 187 g/mol. The Morgan fingerprint density at radius 1 is 1.38 bits per heavy atom. The van der Waals surface area contributed by atoms with Crippen LogP contribution in [0.2, 0.25) is 0 Å². The molecule has 0 aliphatic rings. The first-order chi connectivity index (χ1) is 6.26. The first-order valence-corrected chi connectivity index (χ1v) is 5.00. The number of rotatable bonds is 7. The Hall–Kier alpha value is -0.570. The number of methoxy groups -OCH3 is 1. The predicted octanol–water partition coefficient (Wildman–Crippen LogP) is 1.72. The number of likely N-dealkylation sites (N-methyl/N-ethyl adjacent to an activating group) is 1. The van der Waals surface area contributed by atoms with Crippen LogP contribution < -0.4 is 5.32 Å². The van der Waals surface area contributed by atoms with Gasteiger partial charge in [0.05, 0.1) is 0 Å². The third-order valence-corrected chi connectivity index (χ3v) is 2.14. The Kier molecular flexibility index (Phi) is 7.69. The van der Waals surface area contributed by atoms with Gasteiger partial charge in [-0.15, -0.1) is 0 Å². The van der Waals surface area contributed by atoms with Crippen molar-refractivity contribution in [3.63, 3.8) is 0 Å². The first-order valence-electron chi connectivity index (χ1n) is 5.00. The zero-order valence-electron chi connectivity index (χ0n) is 8.93. The van der Waals surface area contributed by atoms with Gasteiger partial charge < -0.3 is 10.1 Å². The fraction of sp³-hybridized carbons (Fsp3) is 0.900. The molecule has 0 aliphatic heterocycles. The molecule has 0 aromatic rings. The van der Waals surface area contributed by atoms with Gasteiger partial charge >= 0.3 is 0 Å². The first kappa shape index (κ1) is 12.4. The second kappa shape index (κ2) is 8.05. The molecule has 0 rings (SSSR count). The third-order valence-electron chi connectivity index (χ3n) is 2.14. The highest BCUT2D eigenvalue weighted by molar-refractivity contribution is 5.80. The lowest BCUT2D eigenvalue weighted by Gasteiger charge is -2.12. The van der Waals surface area contributed by atoms with Crippen LogP contribution in [0.5, 0.6) is 0 Å². The van der Waals surface area contributed by atoms with E-state index in [2.05, 4.69) is 12.2 Å².